The van der Waals surface area contributed by atoms with Crippen molar-refractivity contribution >= 4 is 11.6 Å². The zero-order valence-electron chi connectivity index (χ0n) is 13.7. The van der Waals surface area contributed by atoms with Gasteiger partial charge in [-0.3, -0.25) is 14.9 Å². The highest BCUT2D eigenvalue weighted by atomic mass is 19.1. The van der Waals surface area contributed by atoms with Gasteiger partial charge in [-0.1, -0.05) is 6.07 Å². The molecule has 2 rings (SSSR count). The van der Waals surface area contributed by atoms with E-state index in [9.17, 15) is 19.3 Å². The minimum Gasteiger partial charge on any atom is -0.494 e. The van der Waals surface area contributed by atoms with Crippen LogP contribution in [0.4, 0.5) is 10.1 Å². The predicted octanol–water partition coefficient (Wildman–Crippen LogP) is 3.00. The van der Waals surface area contributed by atoms with Crippen molar-refractivity contribution in [2.45, 2.75) is 13.0 Å². The monoisotopic (exact) mass is 348 g/mol. The molecule has 1 unspecified atom stereocenters. The topological polar surface area (TPSA) is 90.7 Å². The van der Waals surface area contributed by atoms with E-state index in [1.54, 1.807) is 13.0 Å². The van der Waals surface area contributed by atoms with E-state index >= 15 is 0 Å². The fraction of sp³-hybridized carbons (Fsp3) is 0.235. The van der Waals surface area contributed by atoms with Crippen LogP contribution in [0.1, 0.15) is 18.5 Å². The van der Waals surface area contributed by atoms with Gasteiger partial charge in [-0.25, -0.2) is 4.39 Å². The number of nitrogens with one attached hydrogen (secondary N) is 1. The largest absolute Gasteiger partial charge is 0.494 e. The Bertz CT molecular complexity index is 764. The second-order valence-electron chi connectivity index (χ2n) is 5.22. The molecule has 0 radical (unpaired) electrons. The Morgan fingerprint density at radius 2 is 1.96 bits per heavy atom. The Kier molecular flexibility index (Phi) is 5.89. The van der Waals surface area contributed by atoms with Crippen LogP contribution in [0.25, 0.3) is 0 Å². The number of carbonyl (C=O) groups excluding carboxylic acids is 1. The summed E-state index contributed by atoms with van der Waals surface area (Å²) in [6.07, 6.45) is 0. The maximum absolute atomic E-state index is 13.7. The van der Waals surface area contributed by atoms with Gasteiger partial charge in [0.1, 0.15) is 5.75 Å². The van der Waals surface area contributed by atoms with E-state index in [0.29, 0.717) is 11.3 Å². The van der Waals surface area contributed by atoms with Gasteiger partial charge in [0.05, 0.1) is 18.1 Å². The molecule has 7 nitrogen and oxygen atoms in total. The number of hydrogen-bond donors (Lipinski definition) is 1. The molecule has 0 aromatic heterocycles. The van der Waals surface area contributed by atoms with Crippen molar-refractivity contribution in [3.63, 3.8) is 0 Å². The molecule has 1 N–H and O–H groups in total. The highest BCUT2D eigenvalue weighted by Gasteiger charge is 2.13. The number of methoxy groups -OCH3 is 1. The maximum atomic E-state index is 13.7. The summed E-state index contributed by atoms with van der Waals surface area (Å²) in [5, 5.41) is 13.2. The summed E-state index contributed by atoms with van der Waals surface area (Å²) in [6.45, 7) is 1.45. The molecule has 1 amide bonds. The van der Waals surface area contributed by atoms with Gasteiger partial charge in [-0.05, 0) is 36.8 Å². The average Bonchev–Trinajstić information content (AvgIpc) is 2.60. The van der Waals surface area contributed by atoms with Crippen LogP contribution in [0, 0.1) is 15.9 Å². The third kappa shape index (κ3) is 4.90. The Morgan fingerprint density at radius 3 is 2.52 bits per heavy atom. The number of nitrogens with zero attached hydrogens (tertiary/aromatic N) is 1. The van der Waals surface area contributed by atoms with E-state index < -0.39 is 22.7 Å². The van der Waals surface area contributed by atoms with Crippen LogP contribution >= 0.6 is 0 Å². The van der Waals surface area contributed by atoms with Crippen LogP contribution in [0.15, 0.2) is 42.5 Å². The zero-order valence-corrected chi connectivity index (χ0v) is 13.7. The molecule has 8 heteroatoms. The molecule has 25 heavy (non-hydrogen) atoms. The number of nitro groups is 1. The summed E-state index contributed by atoms with van der Waals surface area (Å²) in [6, 6.07) is 9.41. The van der Waals surface area contributed by atoms with Crippen molar-refractivity contribution in [1.29, 1.82) is 0 Å². The molecule has 2 aromatic rings. The van der Waals surface area contributed by atoms with Crippen molar-refractivity contribution < 1.29 is 23.6 Å². The van der Waals surface area contributed by atoms with Gasteiger partial charge >= 0.3 is 0 Å². The lowest BCUT2D eigenvalue weighted by Gasteiger charge is -2.15. The van der Waals surface area contributed by atoms with Crippen molar-refractivity contribution in [2.75, 3.05) is 13.7 Å². The molecule has 1 atom stereocenters. The second kappa shape index (κ2) is 8.09. The number of amides is 1. The Hall–Kier alpha value is -3.16. The van der Waals surface area contributed by atoms with Crippen molar-refractivity contribution in [3.05, 3.63) is 64.0 Å². The van der Waals surface area contributed by atoms with E-state index in [4.69, 9.17) is 9.47 Å². The van der Waals surface area contributed by atoms with Gasteiger partial charge < -0.3 is 14.8 Å². The normalized spacial score (nSPS) is 11.5. The minimum absolute atomic E-state index is 0.0630. The third-order valence-corrected chi connectivity index (χ3v) is 3.47. The highest BCUT2D eigenvalue weighted by Crippen LogP contribution is 2.22. The molecule has 0 aliphatic rings. The molecule has 0 heterocycles. The fourth-order valence-corrected chi connectivity index (χ4v) is 2.13. The number of halogens is 1. The number of rotatable bonds is 7. The maximum Gasteiger partial charge on any atom is 0.269 e. The Labute approximate surface area is 143 Å². The van der Waals surface area contributed by atoms with Gasteiger partial charge in [0.15, 0.2) is 18.2 Å². The molecule has 2 aromatic carbocycles. The fourth-order valence-electron chi connectivity index (χ4n) is 2.13. The summed E-state index contributed by atoms with van der Waals surface area (Å²) in [5.41, 5.74) is 0.522. The predicted molar refractivity (Wildman–Crippen MR) is 88.1 cm³/mol. The molecular weight excluding hydrogens is 331 g/mol. The van der Waals surface area contributed by atoms with E-state index in [1.807, 2.05) is 0 Å². The number of carbonyl (C=O) groups is 1. The van der Waals surface area contributed by atoms with Crippen LogP contribution in [0.3, 0.4) is 0 Å². The quantitative estimate of drug-likeness (QED) is 0.613. The van der Waals surface area contributed by atoms with Crippen LogP contribution in [-0.2, 0) is 4.79 Å². The Balaban J connectivity index is 1.89. The van der Waals surface area contributed by atoms with Gasteiger partial charge in [0.2, 0.25) is 0 Å². The molecule has 0 spiro atoms. The minimum atomic E-state index is -0.522. The lowest BCUT2D eigenvalue weighted by molar-refractivity contribution is -0.384. The zero-order chi connectivity index (χ0) is 18.4. The first kappa shape index (κ1) is 18.2. The molecule has 132 valence electrons. The average molecular weight is 348 g/mol. The molecular formula is C17H17FN2O5. The molecule has 0 aliphatic heterocycles. The number of non-ortho nitro benzene ring substituents is 1. The smallest absolute Gasteiger partial charge is 0.269 e. The van der Waals surface area contributed by atoms with Crippen LogP contribution in [-0.4, -0.2) is 24.5 Å². The summed E-state index contributed by atoms with van der Waals surface area (Å²) in [5.74, 6) is -0.446. The molecule has 0 bridgehead atoms. The number of benzene rings is 2. The lowest BCUT2D eigenvalue weighted by atomic mass is 10.1. The SMILES string of the molecule is COc1ccc(C(C)NC(=O)COc2ccc([N+](=O)[O-])cc2)cc1F. The van der Waals surface area contributed by atoms with E-state index in [0.717, 1.165) is 0 Å². The van der Waals surface area contributed by atoms with Crippen molar-refractivity contribution in [1.82, 2.24) is 5.32 Å². The second-order valence-corrected chi connectivity index (χ2v) is 5.22. The number of nitro benzene ring substituents is 1. The van der Waals surface area contributed by atoms with E-state index in [-0.39, 0.29) is 18.0 Å². The van der Waals surface area contributed by atoms with Crippen LogP contribution in [0.2, 0.25) is 0 Å². The Morgan fingerprint density at radius 1 is 1.28 bits per heavy atom. The standard InChI is InChI=1S/C17H17FN2O5/c1-11(12-3-8-16(24-2)15(18)9-12)19-17(21)10-25-14-6-4-13(5-7-14)20(22)23/h3-9,11H,10H2,1-2H3,(H,19,21). The van der Waals surface area contributed by atoms with Gasteiger partial charge in [-0.2, -0.15) is 0 Å². The van der Waals surface area contributed by atoms with Crippen LogP contribution in [0.5, 0.6) is 11.5 Å². The van der Waals surface area contributed by atoms with Gasteiger partial charge in [0, 0.05) is 12.1 Å². The first-order valence-electron chi connectivity index (χ1n) is 7.40. The van der Waals surface area contributed by atoms with Crippen molar-refractivity contribution in [3.8, 4) is 11.5 Å². The summed E-state index contributed by atoms with van der Waals surface area (Å²) >= 11 is 0. The first-order valence-corrected chi connectivity index (χ1v) is 7.40. The van der Waals surface area contributed by atoms with Crippen molar-refractivity contribution in [2.24, 2.45) is 0 Å². The third-order valence-electron chi connectivity index (χ3n) is 3.47. The summed E-state index contributed by atoms with van der Waals surface area (Å²) < 4.78 is 23.8. The molecule has 0 aliphatic carbocycles. The van der Waals surface area contributed by atoms with Gasteiger partial charge in [0.25, 0.3) is 11.6 Å². The van der Waals surface area contributed by atoms with E-state index in [2.05, 4.69) is 5.32 Å². The summed E-state index contributed by atoms with van der Waals surface area (Å²) in [7, 11) is 1.37. The molecule has 0 fully saturated rings. The summed E-state index contributed by atoms with van der Waals surface area (Å²) in [4.78, 5) is 22.0. The van der Waals surface area contributed by atoms with Crippen LogP contribution < -0.4 is 14.8 Å². The van der Waals surface area contributed by atoms with E-state index in [1.165, 1.54) is 43.5 Å². The molecule has 0 saturated heterocycles. The number of ether oxygens (including phenoxy) is 2. The highest BCUT2D eigenvalue weighted by molar-refractivity contribution is 5.78. The molecule has 0 saturated carbocycles. The lowest BCUT2D eigenvalue weighted by Crippen LogP contribution is -2.31. The number of hydrogen-bond acceptors (Lipinski definition) is 5. The first-order chi connectivity index (χ1) is 11.9. The van der Waals surface area contributed by atoms with Gasteiger partial charge in [-0.15, -0.1) is 0 Å².